The Morgan fingerprint density at radius 1 is 1.42 bits per heavy atom. The highest BCUT2D eigenvalue weighted by molar-refractivity contribution is 5.91. The maximum absolute atomic E-state index is 12.5. The first-order valence-electron chi connectivity index (χ1n) is 11.0. The zero-order chi connectivity index (χ0) is 20.0. The van der Waals surface area contributed by atoms with Crippen LogP contribution in [0.5, 0.6) is 0 Å². The number of carbonyl (C=O) groups excluding carboxylic acids is 2. The summed E-state index contributed by atoms with van der Waals surface area (Å²) in [6, 6.07) is 0. The molecule has 5 heteroatoms. The Labute approximate surface area is 156 Å². The van der Waals surface area contributed by atoms with Gasteiger partial charge in [-0.3, -0.25) is 9.59 Å². The van der Waals surface area contributed by atoms with Crippen LogP contribution in [0.15, 0.2) is 11.6 Å². The van der Waals surface area contributed by atoms with Crippen molar-refractivity contribution in [3.05, 3.63) is 11.6 Å². The molecule has 2 bridgehead atoms. The van der Waals surface area contributed by atoms with E-state index in [0.717, 1.165) is 24.8 Å². The number of ketones is 2. The summed E-state index contributed by atoms with van der Waals surface area (Å²) in [7, 11) is 0. The SMILES string of the molecule is [3H]C1C(=O)C=C2CCC3C(C4CC5(C(O)O4)C(C(=O)CO)CCC35)C2(C)C1[3H]. The summed E-state index contributed by atoms with van der Waals surface area (Å²) < 4.78 is 23.1. The van der Waals surface area contributed by atoms with Crippen molar-refractivity contribution in [2.45, 2.75) is 64.2 Å². The Hall–Kier alpha value is -1.04. The van der Waals surface area contributed by atoms with Crippen molar-refractivity contribution in [1.82, 2.24) is 0 Å². The van der Waals surface area contributed by atoms with Gasteiger partial charge in [0.25, 0.3) is 0 Å². The minimum Gasteiger partial charge on any atom is -0.389 e. The van der Waals surface area contributed by atoms with Gasteiger partial charge in [0.15, 0.2) is 17.9 Å². The first-order chi connectivity index (χ1) is 13.3. The fraction of sp³-hybridized carbons (Fsp3) is 0.810. The second-order valence-electron chi connectivity index (χ2n) is 9.12. The van der Waals surface area contributed by atoms with Gasteiger partial charge < -0.3 is 14.9 Å². The molecule has 2 N–H and O–H groups in total. The van der Waals surface area contributed by atoms with Gasteiger partial charge in [0, 0.05) is 20.5 Å². The standard InChI is InChI=1S/C21H28O5/c1-20-7-6-12(23)8-11(20)2-3-13-14-4-5-15(16(24)10-22)21(14)9-17(18(13)20)26-19(21)25/h8,13-15,17-19,22,25H,2-7,9-10H2,1H3/i6T,7T. The van der Waals surface area contributed by atoms with Crippen molar-refractivity contribution in [3.63, 3.8) is 0 Å². The molecule has 1 heterocycles. The smallest absolute Gasteiger partial charge is 0.162 e. The number of rotatable bonds is 2. The average Bonchev–Trinajstić information content (AvgIpc) is 3.20. The van der Waals surface area contributed by atoms with E-state index in [1.54, 1.807) is 6.08 Å². The molecule has 4 aliphatic carbocycles. The highest BCUT2D eigenvalue weighted by Gasteiger charge is 2.71. The van der Waals surface area contributed by atoms with Crippen LogP contribution in [0.2, 0.25) is 0 Å². The zero-order valence-corrected chi connectivity index (χ0v) is 15.1. The van der Waals surface area contributed by atoms with E-state index < -0.39 is 36.5 Å². The number of aliphatic hydroxyl groups is 2. The molecule has 3 saturated carbocycles. The maximum Gasteiger partial charge on any atom is 0.162 e. The molecule has 142 valence electrons. The Balaban J connectivity index is 1.60. The topological polar surface area (TPSA) is 83.8 Å². The molecule has 5 nitrogen and oxygen atoms in total. The van der Waals surface area contributed by atoms with E-state index in [4.69, 9.17) is 7.48 Å². The van der Waals surface area contributed by atoms with Crippen LogP contribution in [0.1, 0.15) is 54.6 Å². The van der Waals surface area contributed by atoms with E-state index in [-0.39, 0.29) is 41.3 Å². The van der Waals surface area contributed by atoms with Crippen molar-refractivity contribution in [1.29, 1.82) is 0 Å². The van der Waals surface area contributed by atoms with Gasteiger partial charge in [-0.1, -0.05) is 12.5 Å². The fourth-order valence-electron chi connectivity index (χ4n) is 7.44. The number of carbonyl (C=O) groups is 2. The van der Waals surface area contributed by atoms with E-state index in [9.17, 15) is 19.8 Å². The number of ether oxygens (including phenoxy) is 1. The quantitative estimate of drug-likeness (QED) is 0.783. The lowest BCUT2D eigenvalue weighted by Crippen LogP contribution is -2.55. The predicted molar refractivity (Wildman–Crippen MR) is 92.9 cm³/mol. The van der Waals surface area contributed by atoms with Gasteiger partial charge in [-0.15, -0.1) is 0 Å². The lowest BCUT2D eigenvalue weighted by Gasteiger charge is -2.57. The average molecular weight is 364 g/mol. The highest BCUT2D eigenvalue weighted by Crippen LogP contribution is 2.71. The molecule has 0 aromatic carbocycles. The number of hydrogen-bond acceptors (Lipinski definition) is 5. The summed E-state index contributed by atoms with van der Waals surface area (Å²) >= 11 is 0. The van der Waals surface area contributed by atoms with E-state index in [1.165, 1.54) is 0 Å². The summed E-state index contributed by atoms with van der Waals surface area (Å²) in [4.78, 5) is 24.7. The minimum absolute atomic E-state index is 0.0331. The first kappa shape index (κ1) is 14.9. The number of aliphatic hydroxyl groups excluding tert-OH is 2. The van der Waals surface area contributed by atoms with Crippen LogP contribution in [0.3, 0.4) is 0 Å². The molecule has 26 heavy (non-hydrogen) atoms. The molecule has 10 atom stereocenters. The van der Waals surface area contributed by atoms with E-state index in [2.05, 4.69) is 0 Å². The van der Waals surface area contributed by atoms with Gasteiger partial charge in [0.05, 0.1) is 6.10 Å². The van der Waals surface area contributed by atoms with E-state index in [0.29, 0.717) is 12.8 Å². The molecule has 4 fully saturated rings. The molecule has 1 spiro atoms. The monoisotopic (exact) mass is 364 g/mol. The lowest BCUT2D eigenvalue weighted by atomic mass is 9.46. The molecular weight excluding hydrogens is 332 g/mol. The second-order valence-corrected chi connectivity index (χ2v) is 9.12. The van der Waals surface area contributed by atoms with Gasteiger partial charge in [0.2, 0.25) is 0 Å². The summed E-state index contributed by atoms with van der Waals surface area (Å²) in [5.41, 5.74) is -0.296. The van der Waals surface area contributed by atoms with Gasteiger partial charge in [0.1, 0.15) is 6.61 Å². The molecule has 0 amide bonds. The third kappa shape index (κ3) is 1.92. The summed E-state index contributed by atoms with van der Waals surface area (Å²) in [6.07, 6.45) is 1.94. The van der Waals surface area contributed by atoms with Gasteiger partial charge in [-0.25, -0.2) is 0 Å². The zero-order valence-electron chi connectivity index (χ0n) is 17.1. The Morgan fingerprint density at radius 2 is 2.23 bits per heavy atom. The van der Waals surface area contributed by atoms with Crippen LogP contribution in [-0.2, 0) is 14.3 Å². The van der Waals surface area contributed by atoms with E-state index >= 15 is 0 Å². The lowest BCUT2D eigenvalue weighted by molar-refractivity contribution is -0.160. The van der Waals surface area contributed by atoms with Crippen LogP contribution >= 0.6 is 0 Å². The van der Waals surface area contributed by atoms with Crippen molar-refractivity contribution >= 4 is 11.6 Å². The van der Waals surface area contributed by atoms with Gasteiger partial charge in [-0.2, -0.15) is 0 Å². The minimum atomic E-state index is -1.09. The third-order valence-corrected chi connectivity index (χ3v) is 8.39. The second kappa shape index (κ2) is 5.49. The van der Waals surface area contributed by atoms with Gasteiger partial charge >= 0.3 is 0 Å². The van der Waals surface area contributed by atoms with Crippen LogP contribution in [-0.4, -0.2) is 40.8 Å². The Morgan fingerprint density at radius 3 is 3.00 bits per heavy atom. The summed E-state index contributed by atoms with van der Waals surface area (Å²) in [5.74, 6) is -0.592. The Kier molecular flexibility index (Phi) is 3.16. The normalized spacial score (nSPS) is 58.9. The first-order valence-corrected chi connectivity index (χ1v) is 9.83. The fourth-order valence-corrected chi connectivity index (χ4v) is 7.44. The predicted octanol–water partition coefficient (Wildman–Crippen LogP) is 2.00. The molecule has 0 aromatic rings. The summed E-state index contributed by atoms with van der Waals surface area (Å²) in [5, 5.41) is 20.4. The van der Waals surface area contributed by atoms with Crippen LogP contribution in [0, 0.1) is 34.5 Å². The molecule has 5 aliphatic rings. The molecule has 5 rings (SSSR count). The molecule has 1 aliphatic heterocycles. The Bertz CT molecular complexity index is 768. The largest absolute Gasteiger partial charge is 0.389 e. The number of fused-ring (bicyclic) bond motifs is 6. The van der Waals surface area contributed by atoms with Crippen LogP contribution in [0.25, 0.3) is 0 Å². The van der Waals surface area contributed by atoms with Crippen LogP contribution in [0.4, 0.5) is 0 Å². The van der Waals surface area contributed by atoms with Crippen molar-refractivity contribution in [2.24, 2.45) is 34.5 Å². The molecule has 1 saturated heterocycles. The molecule has 10 unspecified atom stereocenters. The van der Waals surface area contributed by atoms with Crippen LogP contribution < -0.4 is 0 Å². The maximum atomic E-state index is 12.5. The highest BCUT2D eigenvalue weighted by atomic mass is 16.6. The number of allylic oxidation sites excluding steroid dienone is 1. The number of Topliss-reactive ketones (excluding diaryl/α,β-unsaturated/α-hetero) is 1. The van der Waals surface area contributed by atoms with Gasteiger partial charge in [-0.05, 0) is 67.7 Å². The molecule has 0 radical (unpaired) electrons. The third-order valence-electron chi connectivity index (χ3n) is 8.39. The van der Waals surface area contributed by atoms with Crippen molar-refractivity contribution in [3.8, 4) is 0 Å². The summed E-state index contributed by atoms with van der Waals surface area (Å²) in [6.45, 7) is 1.50. The molecule has 0 aromatic heterocycles. The van der Waals surface area contributed by atoms with E-state index in [1.807, 2.05) is 6.92 Å². The van der Waals surface area contributed by atoms with Crippen molar-refractivity contribution < 1.29 is 27.3 Å². The number of hydrogen-bond donors (Lipinski definition) is 2. The van der Waals surface area contributed by atoms with Crippen molar-refractivity contribution in [2.75, 3.05) is 6.61 Å². The molecular formula is C21H28O5.